The molecule has 0 atom stereocenters. The summed E-state index contributed by atoms with van der Waals surface area (Å²) in [5, 5.41) is 2.20. The minimum absolute atomic E-state index is 0.0288. The Morgan fingerprint density at radius 3 is 1.98 bits per heavy atom. The second-order valence-electron chi connectivity index (χ2n) is 12.8. The standard InChI is InChI=1S/C44H32N2O/c1-44(2)38-19-10-9-17-36(38)37-28-34(25-26-39(37)44)46(32-15-7-4-8-16-32)33-23-20-29(21-24-33)35-18-11-14-30-22-27-40-42(41(30)35)47-43(45-40)31-12-5-3-6-13-31/h3-28H,1-2H3. The number of hydrogen-bond donors (Lipinski definition) is 0. The quantitative estimate of drug-likeness (QED) is 0.196. The van der Waals surface area contributed by atoms with E-state index < -0.39 is 0 Å². The third kappa shape index (κ3) is 4.39. The molecule has 7 aromatic carbocycles. The van der Waals surface area contributed by atoms with Crippen molar-refractivity contribution in [1.29, 1.82) is 0 Å². The van der Waals surface area contributed by atoms with E-state index in [4.69, 9.17) is 9.40 Å². The first-order valence-electron chi connectivity index (χ1n) is 16.1. The van der Waals surface area contributed by atoms with Crippen LogP contribution in [0.3, 0.4) is 0 Å². The predicted octanol–water partition coefficient (Wildman–Crippen LogP) is 12.1. The summed E-state index contributed by atoms with van der Waals surface area (Å²) in [4.78, 5) is 7.20. The SMILES string of the molecule is CC1(C)c2ccccc2-c2cc(N(c3ccccc3)c3ccc(-c4cccc5ccc6nc(-c7ccccc7)oc6c45)cc3)ccc21. The minimum atomic E-state index is -0.0288. The van der Waals surface area contributed by atoms with Crippen LogP contribution in [-0.2, 0) is 5.41 Å². The summed E-state index contributed by atoms with van der Waals surface area (Å²) in [7, 11) is 0. The summed E-state index contributed by atoms with van der Waals surface area (Å²) in [6.07, 6.45) is 0. The molecular formula is C44H32N2O. The molecule has 0 saturated carbocycles. The molecule has 0 spiro atoms. The predicted molar refractivity (Wildman–Crippen MR) is 195 cm³/mol. The largest absolute Gasteiger partial charge is 0.435 e. The van der Waals surface area contributed by atoms with Crippen LogP contribution >= 0.6 is 0 Å². The molecule has 1 aromatic heterocycles. The van der Waals surface area contributed by atoms with Crippen LogP contribution in [0.1, 0.15) is 25.0 Å². The van der Waals surface area contributed by atoms with Crippen molar-refractivity contribution in [2.75, 3.05) is 4.90 Å². The van der Waals surface area contributed by atoms with Gasteiger partial charge in [-0.3, -0.25) is 0 Å². The van der Waals surface area contributed by atoms with Gasteiger partial charge in [0.1, 0.15) is 5.52 Å². The molecule has 0 bridgehead atoms. The van der Waals surface area contributed by atoms with E-state index in [1.807, 2.05) is 36.4 Å². The molecule has 0 radical (unpaired) electrons. The number of oxazole rings is 1. The maximum absolute atomic E-state index is 6.46. The molecule has 0 fully saturated rings. The summed E-state index contributed by atoms with van der Waals surface area (Å²) in [6.45, 7) is 4.65. The van der Waals surface area contributed by atoms with E-state index in [0.717, 1.165) is 55.6 Å². The average Bonchev–Trinajstić information content (AvgIpc) is 3.66. The van der Waals surface area contributed by atoms with Gasteiger partial charge in [0.05, 0.1) is 0 Å². The van der Waals surface area contributed by atoms with E-state index in [9.17, 15) is 0 Å². The molecule has 1 aliphatic carbocycles. The van der Waals surface area contributed by atoms with Crippen LogP contribution in [-0.4, -0.2) is 4.98 Å². The van der Waals surface area contributed by atoms with E-state index in [2.05, 4.69) is 140 Å². The highest BCUT2D eigenvalue weighted by Gasteiger charge is 2.35. The highest BCUT2D eigenvalue weighted by atomic mass is 16.3. The van der Waals surface area contributed by atoms with Crippen LogP contribution in [0, 0.1) is 0 Å². The zero-order valence-electron chi connectivity index (χ0n) is 26.3. The van der Waals surface area contributed by atoms with Gasteiger partial charge in [-0.15, -0.1) is 0 Å². The van der Waals surface area contributed by atoms with E-state index in [0.29, 0.717) is 5.89 Å². The molecule has 0 saturated heterocycles. The van der Waals surface area contributed by atoms with Crippen molar-refractivity contribution < 1.29 is 4.42 Å². The Kier molecular flexibility index (Phi) is 6.16. The molecule has 0 aliphatic heterocycles. The van der Waals surface area contributed by atoms with Crippen LogP contribution in [0.2, 0.25) is 0 Å². The topological polar surface area (TPSA) is 29.3 Å². The Morgan fingerprint density at radius 1 is 0.511 bits per heavy atom. The van der Waals surface area contributed by atoms with Gasteiger partial charge in [0, 0.05) is 33.4 Å². The second kappa shape index (κ2) is 10.6. The summed E-state index contributed by atoms with van der Waals surface area (Å²) in [5.41, 5.74) is 13.6. The van der Waals surface area contributed by atoms with E-state index in [1.54, 1.807) is 0 Å². The van der Waals surface area contributed by atoms with Gasteiger partial charge < -0.3 is 9.32 Å². The van der Waals surface area contributed by atoms with Crippen molar-refractivity contribution >= 4 is 38.9 Å². The lowest BCUT2D eigenvalue weighted by atomic mass is 9.82. The van der Waals surface area contributed by atoms with Crippen LogP contribution in [0.4, 0.5) is 17.1 Å². The van der Waals surface area contributed by atoms with Crippen molar-refractivity contribution in [2.24, 2.45) is 0 Å². The smallest absolute Gasteiger partial charge is 0.227 e. The summed E-state index contributed by atoms with van der Waals surface area (Å²) in [6, 6.07) is 56.0. The lowest BCUT2D eigenvalue weighted by Gasteiger charge is -2.27. The minimum Gasteiger partial charge on any atom is -0.435 e. The highest BCUT2D eigenvalue weighted by molar-refractivity contribution is 6.11. The molecule has 47 heavy (non-hydrogen) atoms. The maximum Gasteiger partial charge on any atom is 0.227 e. The molecule has 224 valence electrons. The van der Waals surface area contributed by atoms with Crippen molar-refractivity contribution in [3.63, 3.8) is 0 Å². The molecule has 1 heterocycles. The number of fused-ring (bicyclic) bond motifs is 6. The van der Waals surface area contributed by atoms with Gasteiger partial charge in [-0.1, -0.05) is 117 Å². The molecule has 8 aromatic rings. The molecule has 0 N–H and O–H groups in total. The summed E-state index contributed by atoms with van der Waals surface area (Å²) >= 11 is 0. The van der Waals surface area contributed by atoms with Gasteiger partial charge in [-0.25, -0.2) is 4.98 Å². The summed E-state index contributed by atoms with van der Waals surface area (Å²) < 4.78 is 6.46. The molecule has 0 amide bonds. The van der Waals surface area contributed by atoms with Crippen LogP contribution in [0.15, 0.2) is 162 Å². The lowest BCUT2D eigenvalue weighted by molar-refractivity contribution is 0.623. The maximum atomic E-state index is 6.46. The number of rotatable bonds is 5. The first kappa shape index (κ1) is 27.4. The first-order chi connectivity index (χ1) is 23.1. The number of benzene rings is 7. The second-order valence-corrected chi connectivity index (χ2v) is 12.8. The van der Waals surface area contributed by atoms with Gasteiger partial charge in [0.2, 0.25) is 5.89 Å². The number of hydrogen-bond acceptors (Lipinski definition) is 3. The van der Waals surface area contributed by atoms with Gasteiger partial charge in [-0.05, 0) is 93.4 Å². The Hall–Kier alpha value is -5.93. The number of para-hydroxylation sites is 1. The van der Waals surface area contributed by atoms with E-state index in [-0.39, 0.29) is 5.41 Å². The van der Waals surface area contributed by atoms with E-state index >= 15 is 0 Å². The third-order valence-electron chi connectivity index (χ3n) is 9.69. The Morgan fingerprint density at radius 2 is 1.17 bits per heavy atom. The lowest BCUT2D eigenvalue weighted by Crippen LogP contribution is -2.15. The third-order valence-corrected chi connectivity index (χ3v) is 9.69. The number of anilines is 3. The number of nitrogens with zero attached hydrogens (tertiary/aromatic N) is 2. The van der Waals surface area contributed by atoms with Crippen molar-refractivity contribution in [3.8, 4) is 33.7 Å². The fraction of sp³-hybridized carbons (Fsp3) is 0.0682. The average molecular weight is 605 g/mol. The van der Waals surface area contributed by atoms with Crippen LogP contribution < -0.4 is 4.90 Å². The van der Waals surface area contributed by atoms with Crippen LogP contribution in [0.5, 0.6) is 0 Å². The van der Waals surface area contributed by atoms with Gasteiger partial charge in [0.15, 0.2) is 5.58 Å². The molecule has 0 unspecified atom stereocenters. The zero-order chi connectivity index (χ0) is 31.5. The Balaban J connectivity index is 1.16. The Labute approximate surface area is 274 Å². The monoisotopic (exact) mass is 604 g/mol. The van der Waals surface area contributed by atoms with Gasteiger partial charge in [-0.2, -0.15) is 0 Å². The van der Waals surface area contributed by atoms with E-state index in [1.165, 1.54) is 22.3 Å². The van der Waals surface area contributed by atoms with Crippen molar-refractivity contribution in [2.45, 2.75) is 19.3 Å². The fourth-order valence-electron chi connectivity index (χ4n) is 7.36. The molecule has 1 aliphatic rings. The highest BCUT2D eigenvalue weighted by Crippen LogP contribution is 2.50. The molecule has 3 heteroatoms. The molecule has 3 nitrogen and oxygen atoms in total. The summed E-state index contributed by atoms with van der Waals surface area (Å²) in [5.74, 6) is 0.636. The first-order valence-corrected chi connectivity index (χ1v) is 16.1. The van der Waals surface area contributed by atoms with Gasteiger partial charge in [0.25, 0.3) is 0 Å². The van der Waals surface area contributed by atoms with Crippen molar-refractivity contribution in [1.82, 2.24) is 4.98 Å². The number of aromatic nitrogens is 1. The van der Waals surface area contributed by atoms with Crippen LogP contribution in [0.25, 0.3) is 55.6 Å². The van der Waals surface area contributed by atoms with Gasteiger partial charge >= 0.3 is 0 Å². The normalized spacial score (nSPS) is 13.1. The molecular weight excluding hydrogens is 572 g/mol. The fourth-order valence-corrected chi connectivity index (χ4v) is 7.36. The molecule has 9 rings (SSSR count). The van der Waals surface area contributed by atoms with Crippen molar-refractivity contribution in [3.05, 3.63) is 169 Å². The Bertz CT molecular complexity index is 2420. The zero-order valence-corrected chi connectivity index (χ0v) is 26.3.